The second-order valence-corrected chi connectivity index (χ2v) is 4.51. The lowest BCUT2D eigenvalue weighted by Crippen LogP contribution is -2.44. The number of methoxy groups -OCH3 is 1. The van der Waals surface area contributed by atoms with Crippen molar-refractivity contribution in [3.63, 3.8) is 0 Å². The third kappa shape index (κ3) is 4.49. The van der Waals surface area contributed by atoms with Gasteiger partial charge in [0, 0.05) is 12.5 Å². The van der Waals surface area contributed by atoms with Crippen LogP contribution in [-0.4, -0.2) is 41.7 Å². The van der Waals surface area contributed by atoms with Gasteiger partial charge in [0.15, 0.2) is 6.04 Å². The predicted octanol–water partition coefficient (Wildman–Crippen LogP) is 0.210. The zero-order valence-electron chi connectivity index (χ0n) is 9.60. The number of amides is 1. The van der Waals surface area contributed by atoms with Crippen LogP contribution >= 0.6 is 11.3 Å². The molecule has 0 saturated carbocycles. The van der Waals surface area contributed by atoms with Crippen LogP contribution in [0.2, 0.25) is 0 Å². The molecule has 0 bridgehead atoms. The minimum absolute atomic E-state index is 0.0584. The van der Waals surface area contributed by atoms with Crippen molar-refractivity contribution < 1.29 is 19.4 Å². The van der Waals surface area contributed by atoms with Crippen molar-refractivity contribution in [2.45, 2.75) is 19.4 Å². The van der Waals surface area contributed by atoms with Crippen LogP contribution in [0.3, 0.4) is 0 Å². The van der Waals surface area contributed by atoms with Crippen LogP contribution in [0.4, 0.5) is 0 Å². The molecule has 0 spiro atoms. The highest BCUT2D eigenvalue weighted by atomic mass is 32.1. The summed E-state index contributed by atoms with van der Waals surface area (Å²) in [4.78, 5) is 26.4. The maximum atomic E-state index is 11.5. The Hall–Kier alpha value is -1.47. The Bertz CT molecular complexity index is 405. The molecule has 0 saturated heterocycles. The average Bonchev–Trinajstić information content (AvgIpc) is 2.63. The van der Waals surface area contributed by atoms with Gasteiger partial charge in [-0.3, -0.25) is 4.79 Å². The molecule has 7 heteroatoms. The number of hydrogen-bond donors (Lipinski definition) is 2. The normalized spacial score (nSPS) is 12.1. The Morgan fingerprint density at radius 1 is 1.65 bits per heavy atom. The minimum Gasteiger partial charge on any atom is -0.480 e. The monoisotopic (exact) mass is 258 g/mol. The number of carboxylic acids is 1. The number of ether oxygens (including phenoxy) is 1. The Labute approximate surface area is 103 Å². The molecule has 0 aliphatic carbocycles. The molecule has 1 atom stereocenters. The summed E-state index contributed by atoms with van der Waals surface area (Å²) in [7, 11) is 1.38. The first-order valence-corrected chi connectivity index (χ1v) is 5.83. The van der Waals surface area contributed by atoms with Gasteiger partial charge in [-0.15, -0.1) is 11.3 Å². The molecule has 0 aromatic carbocycles. The van der Waals surface area contributed by atoms with Crippen LogP contribution in [0, 0.1) is 6.92 Å². The van der Waals surface area contributed by atoms with Crippen LogP contribution in [0.15, 0.2) is 5.38 Å². The van der Waals surface area contributed by atoms with Gasteiger partial charge in [0.05, 0.1) is 23.7 Å². The second kappa shape index (κ2) is 6.31. The van der Waals surface area contributed by atoms with Crippen molar-refractivity contribution in [1.82, 2.24) is 10.3 Å². The first kappa shape index (κ1) is 13.6. The zero-order chi connectivity index (χ0) is 12.8. The summed E-state index contributed by atoms with van der Waals surface area (Å²) in [6.07, 6.45) is 0.0812. The summed E-state index contributed by atoms with van der Waals surface area (Å²) in [6.45, 7) is 1.79. The molecule has 2 N–H and O–H groups in total. The fraction of sp³-hybridized carbons (Fsp3) is 0.500. The summed E-state index contributed by atoms with van der Waals surface area (Å²) in [5.41, 5.74) is 0.645. The van der Waals surface area contributed by atoms with E-state index in [9.17, 15) is 9.59 Å². The van der Waals surface area contributed by atoms with Gasteiger partial charge in [-0.2, -0.15) is 0 Å². The zero-order valence-corrected chi connectivity index (χ0v) is 10.4. The van der Waals surface area contributed by atoms with Crippen LogP contribution in [0.1, 0.15) is 10.7 Å². The van der Waals surface area contributed by atoms with Gasteiger partial charge in [0.25, 0.3) is 0 Å². The highest BCUT2D eigenvalue weighted by Crippen LogP contribution is 2.08. The lowest BCUT2D eigenvalue weighted by Gasteiger charge is -2.12. The number of aromatic nitrogens is 1. The van der Waals surface area contributed by atoms with E-state index >= 15 is 0 Å². The number of rotatable bonds is 6. The van der Waals surface area contributed by atoms with Crippen molar-refractivity contribution in [3.8, 4) is 0 Å². The van der Waals surface area contributed by atoms with E-state index in [1.165, 1.54) is 18.4 Å². The van der Waals surface area contributed by atoms with Gasteiger partial charge in [-0.25, -0.2) is 9.78 Å². The topological polar surface area (TPSA) is 88.5 Å². The van der Waals surface area contributed by atoms with E-state index in [-0.39, 0.29) is 18.9 Å². The number of carbonyl (C=O) groups is 2. The number of thiazole rings is 1. The SMILES string of the molecule is COCC(NC(=O)Cc1csc(C)n1)C(=O)O. The lowest BCUT2D eigenvalue weighted by molar-refractivity contribution is -0.143. The molecule has 0 fully saturated rings. The first-order valence-electron chi connectivity index (χ1n) is 4.95. The van der Waals surface area contributed by atoms with E-state index in [1.807, 2.05) is 6.92 Å². The third-order valence-corrected chi connectivity index (χ3v) is 2.80. The number of nitrogens with one attached hydrogen (secondary N) is 1. The van der Waals surface area contributed by atoms with Crippen molar-refractivity contribution in [2.75, 3.05) is 13.7 Å². The molecule has 0 aliphatic rings. The van der Waals surface area contributed by atoms with Crippen molar-refractivity contribution in [2.24, 2.45) is 0 Å². The molecular formula is C10H14N2O4S. The van der Waals surface area contributed by atoms with Crippen LogP contribution in [0.25, 0.3) is 0 Å². The van der Waals surface area contributed by atoms with E-state index in [0.717, 1.165) is 5.01 Å². The maximum absolute atomic E-state index is 11.5. The van der Waals surface area contributed by atoms with Crippen LogP contribution in [-0.2, 0) is 20.7 Å². The fourth-order valence-corrected chi connectivity index (χ4v) is 1.85. The molecule has 0 aliphatic heterocycles. The molecule has 17 heavy (non-hydrogen) atoms. The molecular weight excluding hydrogens is 244 g/mol. The molecule has 1 amide bonds. The molecule has 1 rings (SSSR count). The molecule has 94 valence electrons. The van der Waals surface area contributed by atoms with Crippen molar-refractivity contribution in [1.29, 1.82) is 0 Å². The van der Waals surface area contributed by atoms with Crippen LogP contribution in [0.5, 0.6) is 0 Å². The lowest BCUT2D eigenvalue weighted by atomic mass is 10.2. The Kier molecular flexibility index (Phi) is 5.05. The van der Waals surface area contributed by atoms with Gasteiger partial charge in [0.1, 0.15) is 0 Å². The van der Waals surface area contributed by atoms with Crippen LogP contribution < -0.4 is 5.32 Å². The molecule has 1 aromatic rings. The largest absolute Gasteiger partial charge is 0.480 e. The summed E-state index contributed by atoms with van der Waals surface area (Å²) in [6, 6.07) is -1.02. The molecule has 6 nitrogen and oxygen atoms in total. The summed E-state index contributed by atoms with van der Waals surface area (Å²) in [5, 5.41) is 13.8. The fourth-order valence-electron chi connectivity index (χ4n) is 1.24. The summed E-state index contributed by atoms with van der Waals surface area (Å²) >= 11 is 1.45. The number of aliphatic carboxylic acids is 1. The van der Waals surface area contributed by atoms with E-state index < -0.39 is 12.0 Å². The van der Waals surface area contributed by atoms with E-state index in [1.54, 1.807) is 5.38 Å². The number of nitrogens with zero attached hydrogens (tertiary/aromatic N) is 1. The van der Waals surface area contributed by atoms with E-state index in [2.05, 4.69) is 10.3 Å². The predicted molar refractivity (Wildman–Crippen MR) is 62.0 cm³/mol. The van der Waals surface area contributed by atoms with E-state index in [4.69, 9.17) is 9.84 Å². The molecule has 0 radical (unpaired) electrons. The standard InChI is InChI=1S/C10H14N2O4S/c1-6-11-7(5-17-6)3-9(13)12-8(4-16-2)10(14)15/h5,8H,3-4H2,1-2H3,(H,12,13)(H,14,15). The van der Waals surface area contributed by atoms with Gasteiger partial charge >= 0.3 is 5.97 Å². The van der Waals surface area contributed by atoms with Gasteiger partial charge in [-0.05, 0) is 6.92 Å². The Balaban J connectivity index is 2.50. The van der Waals surface area contributed by atoms with E-state index in [0.29, 0.717) is 5.69 Å². The smallest absolute Gasteiger partial charge is 0.328 e. The minimum atomic E-state index is -1.12. The van der Waals surface area contributed by atoms with Crippen molar-refractivity contribution in [3.05, 3.63) is 16.1 Å². The second-order valence-electron chi connectivity index (χ2n) is 3.45. The Morgan fingerprint density at radius 2 is 2.35 bits per heavy atom. The van der Waals surface area contributed by atoms with Gasteiger partial charge in [0.2, 0.25) is 5.91 Å². The third-order valence-electron chi connectivity index (χ3n) is 1.97. The van der Waals surface area contributed by atoms with Gasteiger partial charge in [-0.1, -0.05) is 0 Å². The van der Waals surface area contributed by atoms with Crippen molar-refractivity contribution >= 4 is 23.2 Å². The van der Waals surface area contributed by atoms with Gasteiger partial charge < -0.3 is 15.2 Å². The summed E-state index contributed by atoms with van der Waals surface area (Å²) in [5.74, 6) is -1.49. The molecule has 1 aromatic heterocycles. The number of aryl methyl sites for hydroxylation is 1. The maximum Gasteiger partial charge on any atom is 0.328 e. The highest BCUT2D eigenvalue weighted by molar-refractivity contribution is 7.09. The molecule has 1 unspecified atom stereocenters. The number of carbonyl (C=O) groups excluding carboxylic acids is 1. The number of hydrogen-bond acceptors (Lipinski definition) is 5. The quantitative estimate of drug-likeness (QED) is 0.761. The number of carboxylic acid groups (broad SMARTS) is 1. The summed E-state index contributed by atoms with van der Waals surface area (Å²) < 4.78 is 4.71. The highest BCUT2D eigenvalue weighted by Gasteiger charge is 2.19. The first-order chi connectivity index (χ1) is 8.02. The molecule has 1 heterocycles. The average molecular weight is 258 g/mol. The Morgan fingerprint density at radius 3 is 2.82 bits per heavy atom.